The number of halogens is 3. The average Bonchev–Trinajstić information content (AvgIpc) is 2.43. The predicted molar refractivity (Wildman–Crippen MR) is 81.3 cm³/mol. The number of nitrogens with one attached hydrogen (secondary N) is 1. The number of rotatable bonds is 5. The van der Waals surface area contributed by atoms with Gasteiger partial charge in [-0.2, -0.15) is 13.2 Å². The Balaban J connectivity index is 2.50. The lowest BCUT2D eigenvalue weighted by molar-refractivity contribution is -0.137. The van der Waals surface area contributed by atoms with Crippen molar-refractivity contribution >= 4 is 6.09 Å². The van der Waals surface area contributed by atoms with Crippen LogP contribution in [-0.4, -0.2) is 34.6 Å². The molecule has 0 bridgehead atoms. The number of aliphatic hydroxyl groups excluding tert-OH is 2. The van der Waals surface area contributed by atoms with Crippen LogP contribution in [0.25, 0.3) is 0 Å². The summed E-state index contributed by atoms with van der Waals surface area (Å²) < 4.78 is 42.4. The fourth-order valence-corrected chi connectivity index (χ4v) is 1.89. The molecule has 0 radical (unpaired) electrons. The van der Waals surface area contributed by atoms with E-state index in [0.717, 1.165) is 24.3 Å². The van der Waals surface area contributed by atoms with E-state index >= 15 is 0 Å². The van der Waals surface area contributed by atoms with E-state index in [1.807, 2.05) is 0 Å². The molecule has 0 aliphatic carbocycles. The van der Waals surface area contributed by atoms with Gasteiger partial charge in [-0.3, -0.25) is 0 Å². The van der Waals surface area contributed by atoms with Gasteiger partial charge in [0.25, 0.3) is 0 Å². The second-order valence-corrected chi connectivity index (χ2v) is 6.35. The monoisotopic (exact) mass is 349 g/mol. The lowest BCUT2D eigenvalue weighted by Gasteiger charge is -2.21. The summed E-state index contributed by atoms with van der Waals surface area (Å²) in [6, 6.07) is 3.89. The van der Waals surface area contributed by atoms with Gasteiger partial charge < -0.3 is 20.3 Å². The number of hydrogen-bond acceptors (Lipinski definition) is 4. The summed E-state index contributed by atoms with van der Waals surface area (Å²) in [6.07, 6.45) is -7.69. The van der Waals surface area contributed by atoms with Gasteiger partial charge >= 0.3 is 12.3 Å². The van der Waals surface area contributed by atoms with Gasteiger partial charge in [0, 0.05) is 6.54 Å². The molecule has 0 spiro atoms. The topological polar surface area (TPSA) is 78.8 Å². The molecule has 0 aromatic heterocycles. The fraction of sp³-hybridized carbons (Fsp3) is 0.562. The Kier molecular flexibility index (Phi) is 6.62. The largest absolute Gasteiger partial charge is 0.444 e. The van der Waals surface area contributed by atoms with E-state index in [-0.39, 0.29) is 18.5 Å². The Hall–Kier alpha value is -1.80. The highest BCUT2D eigenvalue weighted by molar-refractivity contribution is 5.67. The number of hydrogen-bond donors (Lipinski definition) is 3. The van der Waals surface area contributed by atoms with Gasteiger partial charge in [0.1, 0.15) is 11.7 Å². The zero-order valence-electron chi connectivity index (χ0n) is 13.7. The van der Waals surface area contributed by atoms with Crippen LogP contribution >= 0.6 is 0 Å². The molecule has 8 heteroatoms. The van der Waals surface area contributed by atoms with Crippen molar-refractivity contribution < 1.29 is 32.9 Å². The molecule has 24 heavy (non-hydrogen) atoms. The summed E-state index contributed by atoms with van der Waals surface area (Å²) in [5, 5.41) is 22.3. The van der Waals surface area contributed by atoms with Gasteiger partial charge in [0.05, 0.1) is 11.7 Å². The van der Waals surface area contributed by atoms with Crippen molar-refractivity contribution in [3.8, 4) is 0 Å². The minimum atomic E-state index is -4.46. The second-order valence-electron chi connectivity index (χ2n) is 6.35. The summed E-state index contributed by atoms with van der Waals surface area (Å²) in [6.45, 7) is 5.16. The lowest BCUT2D eigenvalue weighted by Crippen LogP contribution is -2.34. The van der Waals surface area contributed by atoms with Crippen LogP contribution in [0.4, 0.5) is 18.0 Å². The van der Waals surface area contributed by atoms with Gasteiger partial charge in [0.2, 0.25) is 0 Å². The van der Waals surface area contributed by atoms with Crippen LogP contribution in [0.3, 0.4) is 0 Å². The van der Waals surface area contributed by atoms with Crippen LogP contribution in [-0.2, 0) is 10.9 Å². The van der Waals surface area contributed by atoms with Crippen molar-refractivity contribution in [1.29, 1.82) is 0 Å². The number of carbonyl (C=O) groups excluding carboxylic acids is 1. The van der Waals surface area contributed by atoms with E-state index in [9.17, 15) is 28.2 Å². The molecule has 0 fully saturated rings. The number of carbonyl (C=O) groups is 1. The molecule has 0 saturated carbocycles. The SMILES string of the molecule is CC(C)(C)OC(=O)NCCC(O)C(O)c1ccc(C(F)(F)F)cc1. The van der Waals surface area contributed by atoms with Gasteiger partial charge in [-0.25, -0.2) is 4.79 Å². The quantitative estimate of drug-likeness (QED) is 0.764. The minimum absolute atomic E-state index is 0.0153. The third-order valence-corrected chi connectivity index (χ3v) is 3.05. The standard InChI is InChI=1S/C16H22F3NO4/c1-15(2,3)24-14(23)20-9-8-12(21)13(22)10-4-6-11(7-5-10)16(17,18)19/h4-7,12-13,21-22H,8-9H2,1-3H3,(H,20,23). The molecule has 0 aliphatic rings. The number of alkyl halides is 3. The molecule has 2 unspecified atom stereocenters. The molecule has 1 amide bonds. The van der Waals surface area contributed by atoms with Crippen molar-refractivity contribution in [2.45, 2.75) is 51.2 Å². The molecule has 0 heterocycles. The Bertz CT molecular complexity index is 538. The van der Waals surface area contributed by atoms with Gasteiger partial charge in [-0.1, -0.05) is 12.1 Å². The average molecular weight is 349 g/mol. The third kappa shape index (κ3) is 6.76. The summed E-state index contributed by atoms with van der Waals surface area (Å²) in [5.41, 5.74) is -1.32. The van der Waals surface area contributed by atoms with E-state index in [0.29, 0.717) is 0 Å². The normalized spacial score (nSPS) is 14.8. The molecule has 5 nitrogen and oxygen atoms in total. The Morgan fingerprint density at radius 2 is 1.71 bits per heavy atom. The molecule has 1 aromatic rings. The first kappa shape index (κ1) is 20.2. The Morgan fingerprint density at radius 3 is 2.17 bits per heavy atom. The van der Waals surface area contributed by atoms with Crippen molar-refractivity contribution in [2.75, 3.05) is 6.54 Å². The van der Waals surface area contributed by atoms with Crippen molar-refractivity contribution in [3.05, 3.63) is 35.4 Å². The van der Waals surface area contributed by atoms with Crippen molar-refractivity contribution in [2.24, 2.45) is 0 Å². The molecule has 0 aliphatic heterocycles. The Labute approximate surface area is 138 Å². The zero-order chi connectivity index (χ0) is 18.5. The summed E-state index contributed by atoms with van der Waals surface area (Å²) in [4.78, 5) is 11.4. The molecular formula is C16H22F3NO4. The highest BCUT2D eigenvalue weighted by Gasteiger charge is 2.30. The van der Waals surface area contributed by atoms with Crippen LogP contribution in [0.5, 0.6) is 0 Å². The lowest BCUT2D eigenvalue weighted by atomic mass is 10.0. The molecular weight excluding hydrogens is 327 g/mol. The van der Waals surface area contributed by atoms with Gasteiger partial charge in [-0.15, -0.1) is 0 Å². The highest BCUT2D eigenvalue weighted by Crippen LogP contribution is 2.30. The van der Waals surface area contributed by atoms with E-state index in [1.165, 1.54) is 0 Å². The fourth-order valence-electron chi connectivity index (χ4n) is 1.89. The number of ether oxygens (including phenoxy) is 1. The zero-order valence-corrected chi connectivity index (χ0v) is 13.7. The number of benzene rings is 1. The highest BCUT2D eigenvalue weighted by atomic mass is 19.4. The maximum atomic E-state index is 12.5. The summed E-state index contributed by atoms with van der Waals surface area (Å²) in [7, 11) is 0. The maximum absolute atomic E-state index is 12.5. The molecule has 3 N–H and O–H groups in total. The first-order valence-corrected chi connectivity index (χ1v) is 7.40. The minimum Gasteiger partial charge on any atom is -0.444 e. The molecule has 1 rings (SSSR count). The van der Waals surface area contributed by atoms with Crippen molar-refractivity contribution in [1.82, 2.24) is 5.32 Å². The first-order chi connectivity index (χ1) is 10.9. The van der Waals surface area contributed by atoms with E-state index in [2.05, 4.69) is 5.32 Å². The van der Waals surface area contributed by atoms with Gasteiger partial charge in [-0.05, 0) is 44.9 Å². The predicted octanol–water partition coefficient (Wildman–Crippen LogP) is 3.01. The Morgan fingerprint density at radius 1 is 1.17 bits per heavy atom. The molecule has 1 aromatic carbocycles. The maximum Gasteiger partial charge on any atom is 0.416 e. The number of amides is 1. The van der Waals surface area contributed by atoms with Gasteiger partial charge in [0.15, 0.2) is 0 Å². The van der Waals surface area contributed by atoms with E-state index in [4.69, 9.17) is 4.74 Å². The third-order valence-electron chi connectivity index (χ3n) is 3.05. The summed E-state index contributed by atoms with van der Waals surface area (Å²) >= 11 is 0. The van der Waals surface area contributed by atoms with E-state index in [1.54, 1.807) is 20.8 Å². The second kappa shape index (κ2) is 7.85. The molecule has 2 atom stereocenters. The number of aliphatic hydroxyl groups is 2. The smallest absolute Gasteiger partial charge is 0.416 e. The molecule has 136 valence electrons. The van der Waals surface area contributed by atoms with Crippen LogP contribution in [0.1, 0.15) is 44.4 Å². The van der Waals surface area contributed by atoms with E-state index < -0.39 is 35.6 Å². The van der Waals surface area contributed by atoms with Crippen LogP contribution in [0.15, 0.2) is 24.3 Å². The van der Waals surface area contributed by atoms with Crippen LogP contribution in [0.2, 0.25) is 0 Å². The summed E-state index contributed by atoms with van der Waals surface area (Å²) in [5.74, 6) is 0. The number of alkyl carbamates (subject to hydrolysis) is 1. The first-order valence-electron chi connectivity index (χ1n) is 7.40. The van der Waals surface area contributed by atoms with Crippen LogP contribution < -0.4 is 5.32 Å². The van der Waals surface area contributed by atoms with Crippen LogP contribution in [0, 0.1) is 0 Å². The van der Waals surface area contributed by atoms with Crippen molar-refractivity contribution in [3.63, 3.8) is 0 Å². The molecule has 0 saturated heterocycles.